The van der Waals surface area contributed by atoms with E-state index in [1.807, 2.05) is 24.3 Å². The first kappa shape index (κ1) is 13.5. The Kier molecular flexibility index (Phi) is 3.75. The predicted molar refractivity (Wildman–Crippen MR) is 70.9 cm³/mol. The number of sulfone groups is 1. The molecule has 1 aliphatic carbocycles. The van der Waals surface area contributed by atoms with E-state index in [1.54, 1.807) is 7.11 Å². The number of nitrogens with one attached hydrogen (secondary N) is 1. The molecule has 18 heavy (non-hydrogen) atoms. The van der Waals surface area contributed by atoms with Crippen LogP contribution in [0.2, 0.25) is 0 Å². The van der Waals surface area contributed by atoms with Gasteiger partial charge in [0.1, 0.15) is 9.84 Å². The van der Waals surface area contributed by atoms with Gasteiger partial charge in [-0.05, 0) is 24.0 Å². The molecule has 2 rings (SSSR count). The Hall–Kier alpha value is -0.910. The number of hydroxylamine groups is 1. The van der Waals surface area contributed by atoms with Gasteiger partial charge in [0.05, 0.1) is 12.9 Å². The van der Waals surface area contributed by atoms with Crippen LogP contribution in [0.1, 0.15) is 24.0 Å². The Balaban J connectivity index is 2.10. The first-order valence-corrected chi connectivity index (χ1v) is 8.04. The van der Waals surface area contributed by atoms with Crippen LogP contribution in [0.5, 0.6) is 0 Å². The minimum atomic E-state index is -2.92. The van der Waals surface area contributed by atoms with Crippen molar-refractivity contribution in [3.05, 3.63) is 35.4 Å². The molecule has 0 spiro atoms. The zero-order valence-corrected chi connectivity index (χ0v) is 11.6. The van der Waals surface area contributed by atoms with Crippen LogP contribution in [-0.2, 0) is 26.6 Å². The second-order valence-corrected chi connectivity index (χ2v) is 7.21. The molecule has 0 amide bonds. The molecule has 0 radical (unpaired) electrons. The maximum atomic E-state index is 11.4. The summed E-state index contributed by atoms with van der Waals surface area (Å²) >= 11 is 0. The van der Waals surface area contributed by atoms with Crippen molar-refractivity contribution < 1.29 is 13.3 Å². The maximum Gasteiger partial charge on any atom is 0.148 e. The van der Waals surface area contributed by atoms with E-state index >= 15 is 0 Å². The highest BCUT2D eigenvalue weighted by Gasteiger charge is 2.46. The molecule has 100 valence electrons. The summed E-state index contributed by atoms with van der Waals surface area (Å²) in [7, 11) is -1.34. The van der Waals surface area contributed by atoms with Crippen LogP contribution in [0.3, 0.4) is 0 Å². The lowest BCUT2D eigenvalue weighted by molar-refractivity contribution is 0.0867. The van der Waals surface area contributed by atoms with Crippen LogP contribution in [0, 0.1) is 0 Å². The fourth-order valence-electron chi connectivity index (χ4n) is 2.30. The minimum Gasteiger partial charge on any atom is -0.305 e. The van der Waals surface area contributed by atoms with Crippen LogP contribution in [0.4, 0.5) is 0 Å². The quantitative estimate of drug-likeness (QED) is 0.793. The molecular weight excluding hydrogens is 250 g/mol. The van der Waals surface area contributed by atoms with Crippen LogP contribution in [0.15, 0.2) is 24.3 Å². The lowest BCUT2D eigenvalue weighted by Crippen LogP contribution is -2.20. The first-order chi connectivity index (χ1) is 8.45. The third-order valence-corrected chi connectivity index (χ3v) is 4.46. The molecule has 0 saturated heterocycles. The Morgan fingerprint density at radius 2 is 1.89 bits per heavy atom. The fourth-order valence-corrected chi connectivity index (χ4v) is 3.76. The number of benzene rings is 1. The van der Waals surface area contributed by atoms with Crippen LogP contribution in [-0.4, -0.2) is 27.5 Å². The van der Waals surface area contributed by atoms with Gasteiger partial charge in [-0.3, -0.25) is 0 Å². The van der Waals surface area contributed by atoms with Gasteiger partial charge in [0.15, 0.2) is 0 Å². The van der Waals surface area contributed by atoms with E-state index < -0.39 is 9.84 Å². The van der Waals surface area contributed by atoms with E-state index in [0.29, 0.717) is 6.54 Å². The van der Waals surface area contributed by atoms with E-state index in [1.165, 1.54) is 6.26 Å². The summed E-state index contributed by atoms with van der Waals surface area (Å²) < 4.78 is 22.9. The standard InChI is InChI=1S/C13H19NO3S/c1-17-14-9-11-3-5-12(6-4-11)13(7-8-13)10-18(2,15)16/h3-6,14H,7-10H2,1-2H3. The van der Waals surface area contributed by atoms with Gasteiger partial charge in [0.2, 0.25) is 0 Å². The van der Waals surface area contributed by atoms with Gasteiger partial charge in [0, 0.05) is 18.2 Å². The van der Waals surface area contributed by atoms with E-state index in [9.17, 15) is 8.42 Å². The minimum absolute atomic E-state index is 0.124. The van der Waals surface area contributed by atoms with Gasteiger partial charge in [-0.25, -0.2) is 8.42 Å². The summed E-state index contributed by atoms with van der Waals surface area (Å²) in [6, 6.07) is 8.10. The number of hydrogen-bond donors (Lipinski definition) is 1. The first-order valence-electron chi connectivity index (χ1n) is 5.98. The Morgan fingerprint density at radius 1 is 1.28 bits per heavy atom. The average molecular weight is 269 g/mol. The van der Waals surface area contributed by atoms with Crippen molar-refractivity contribution in [1.29, 1.82) is 0 Å². The monoisotopic (exact) mass is 269 g/mol. The average Bonchev–Trinajstić information content (AvgIpc) is 3.05. The molecule has 0 unspecified atom stereocenters. The van der Waals surface area contributed by atoms with Crippen molar-refractivity contribution in [2.24, 2.45) is 0 Å². The van der Waals surface area contributed by atoms with Crippen molar-refractivity contribution in [3.63, 3.8) is 0 Å². The van der Waals surface area contributed by atoms with Crippen molar-refractivity contribution in [1.82, 2.24) is 5.48 Å². The third kappa shape index (κ3) is 3.31. The second kappa shape index (κ2) is 4.99. The smallest absolute Gasteiger partial charge is 0.148 e. The molecule has 4 nitrogen and oxygen atoms in total. The summed E-state index contributed by atoms with van der Waals surface area (Å²) in [5, 5.41) is 0. The SMILES string of the molecule is CONCc1ccc(C2(CS(C)(=O)=O)CC2)cc1. The predicted octanol–water partition coefficient (Wildman–Crippen LogP) is 1.41. The summed E-state index contributed by atoms with van der Waals surface area (Å²) in [5.41, 5.74) is 4.91. The molecule has 1 fully saturated rings. The second-order valence-electron chi connectivity index (χ2n) is 5.07. The number of rotatable bonds is 6. The Labute approximate surface area is 108 Å². The third-order valence-electron chi connectivity index (χ3n) is 3.38. The van der Waals surface area contributed by atoms with E-state index in [2.05, 4.69) is 5.48 Å². The van der Waals surface area contributed by atoms with E-state index in [0.717, 1.165) is 24.0 Å². The van der Waals surface area contributed by atoms with Crippen molar-refractivity contribution in [2.45, 2.75) is 24.8 Å². The zero-order chi connectivity index (χ0) is 13.2. The van der Waals surface area contributed by atoms with E-state index in [4.69, 9.17) is 4.84 Å². The summed E-state index contributed by atoms with van der Waals surface area (Å²) in [4.78, 5) is 4.79. The molecule has 0 aliphatic heterocycles. The van der Waals surface area contributed by atoms with Crippen LogP contribution in [0.25, 0.3) is 0 Å². The molecule has 0 heterocycles. The van der Waals surface area contributed by atoms with Crippen molar-refractivity contribution in [3.8, 4) is 0 Å². The van der Waals surface area contributed by atoms with Gasteiger partial charge >= 0.3 is 0 Å². The maximum absolute atomic E-state index is 11.4. The van der Waals surface area contributed by atoms with Crippen molar-refractivity contribution >= 4 is 9.84 Å². The highest BCUT2D eigenvalue weighted by Crippen LogP contribution is 2.49. The highest BCUT2D eigenvalue weighted by molar-refractivity contribution is 7.90. The molecular formula is C13H19NO3S. The van der Waals surface area contributed by atoms with Crippen molar-refractivity contribution in [2.75, 3.05) is 19.1 Å². The van der Waals surface area contributed by atoms with Crippen LogP contribution >= 0.6 is 0 Å². The summed E-state index contributed by atoms with van der Waals surface area (Å²) in [6.07, 6.45) is 3.25. The Morgan fingerprint density at radius 3 is 2.33 bits per heavy atom. The molecule has 0 aromatic heterocycles. The fraction of sp³-hybridized carbons (Fsp3) is 0.538. The largest absolute Gasteiger partial charge is 0.305 e. The molecule has 0 bridgehead atoms. The van der Waals surface area contributed by atoms with Gasteiger partial charge in [-0.1, -0.05) is 24.3 Å². The molecule has 0 atom stereocenters. The normalized spacial score (nSPS) is 17.7. The molecule has 1 saturated carbocycles. The van der Waals surface area contributed by atoms with Crippen LogP contribution < -0.4 is 5.48 Å². The topological polar surface area (TPSA) is 55.4 Å². The summed E-state index contributed by atoms with van der Waals surface area (Å²) in [5.74, 6) is 0.260. The molecule has 1 aromatic carbocycles. The number of hydrogen-bond acceptors (Lipinski definition) is 4. The lowest BCUT2D eigenvalue weighted by Gasteiger charge is -2.15. The van der Waals surface area contributed by atoms with Gasteiger partial charge in [0.25, 0.3) is 0 Å². The van der Waals surface area contributed by atoms with Gasteiger partial charge in [-0.2, -0.15) is 5.48 Å². The zero-order valence-electron chi connectivity index (χ0n) is 10.8. The van der Waals surface area contributed by atoms with Gasteiger partial charge < -0.3 is 4.84 Å². The Bertz CT molecular complexity index is 504. The van der Waals surface area contributed by atoms with E-state index in [-0.39, 0.29) is 11.2 Å². The lowest BCUT2D eigenvalue weighted by atomic mass is 9.97. The summed E-state index contributed by atoms with van der Waals surface area (Å²) in [6.45, 7) is 0.649. The molecule has 1 aromatic rings. The highest BCUT2D eigenvalue weighted by atomic mass is 32.2. The molecule has 1 aliphatic rings. The molecule has 1 N–H and O–H groups in total. The van der Waals surface area contributed by atoms with Gasteiger partial charge in [-0.15, -0.1) is 0 Å². The molecule has 5 heteroatoms.